The van der Waals surface area contributed by atoms with Crippen LogP contribution in [0.1, 0.15) is 28.5 Å². The lowest BCUT2D eigenvalue weighted by atomic mass is 9.98. The van der Waals surface area contributed by atoms with Crippen molar-refractivity contribution < 1.29 is 9.59 Å². The highest BCUT2D eigenvalue weighted by atomic mass is 32.1. The Morgan fingerprint density at radius 2 is 1.84 bits per heavy atom. The van der Waals surface area contributed by atoms with Crippen LogP contribution in [0.3, 0.4) is 0 Å². The van der Waals surface area contributed by atoms with Gasteiger partial charge in [-0.1, -0.05) is 55.0 Å². The number of nitrogens with one attached hydrogen (secondary N) is 1. The molecule has 0 bridgehead atoms. The van der Waals surface area contributed by atoms with Gasteiger partial charge in [-0.2, -0.15) is 0 Å². The van der Waals surface area contributed by atoms with E-state index >= 15 is 0 Å². The topological polar surface area (TPSA) is 52.6 Å². The van der Waals surface area contributed by atoms with Gasteiger partial charge in [-0.15, -0.1) is 11.3 Å². The molecule has 2 atom stereocenters. The van der Waals surface area contributed by atoms with E-state index in [1.165, 1.54) is 26.1 Å². The van der Waals surface area contributed by atoms with E-state index in [0.29, 0.717) is 19.5 Å². The monoisotopic (exact) mass is 447 g/mol. The number of fused-ring (bicyclic) bond motifs is 2. The summed E-state index contributed by atoms with van der Waals surface area (Å²) in [6, 6.07) is 15.9. The Labute approximate surface area is 193 Å². The minimum Gasteiger partial charge on any atom is -0.342 e. The van der Waals surface area contributed by atoms with Crippen LogP contribution in [-0.2, 0) is 29.0 Å². The molecule has 6 heteroatoms. The molecule has 5 nitrogen and oxygen atoms in total. The summed E-state index contributed by atoms with van der Waals surface area (Å²) in [5, 5.41) is 4.32. The van der Waals surface area contributed by atoms with E-state index in [9.17, 15) is 9.59 Å². The van der Waals surface area contributed by atoms with Crippen molar-refractivity contribution in [1.29, 1.82) is 0 Å². The summed E-state index contributed by atoms with van der Waals surface area (Å²) >= 11 is 1.87. The standard InChI is InChI=1S/C26H29N3O2S/c1-3-23-20(19-6-4-5-7-24(19)32-23)15-28-12-13-29-22(16-28)25(30)27-21(26(29)31)14-18-10-8-17(2)9-11-18/h4-11,21-22H,3,12-16H2,1-2H3,(H,27,30). The van der Waals surface area contributed by atoms with Gasteiger partial charge in [0.25, 0.3) is 0 Å². The van der Waals surface area contributed by atoms with Crippen molar-refractivity contribution in [1.82, 2.24) is 15.1 Å². The molecular formula is C26H29N3O2S. The molecule has 1 aromatic heterocycles. The van der Waals surface area contributed by atoms with Crippen LogP contribution in [0.25, 0.3) is 10.1 Å². The van der Waals surface area contributed by atoms with Crippen molar-refractivity contribution in [2.75, 3.05) is 19.6 Å². The maximum atomic E-state index is 13.2. The van der Waals surface area contributed by atoms with Crippen molar-refractivity contribution in [2.45, 2.75) is 45.3 Å². The molecule has 2 aromatic carbocycles. The largest absolute Gasteiger partial charge is 0.342 e. The Bertz CT molecular complexity index is 1150. The summed E-state index contributed by atoms with van der Waals surface area (Å²) in [5.74, 6) is 0.0161. The minimum absolute atomic E-state index is 0.0303. The minimum atomic E-state index is -0.472. The molecule has 3 aromatic rings. The number of rotatable bonds is 5. The molecule has 3 heterocycles. The third-order valence-corrected chi connectivity index (χ3v) is 8.07. The fraction of sp³-hybridized carbons (Fsp3) is 0.385. The lowest BCUT2D eigenvalue weighted by Crippen LogP contribution is -2.69. The van der Waals surface area contributed by atoms with Gasteiger partial charge in [0.2, 0.25) is 11.8 Å². The highest BCUT2D eigenvalue weighted by Gasteiger charge is 2.43. The normalized spacial score (nSPS) is 21.6. The molecule has 32 heavy (non-hydrogen) atoms. The molecule has 5 rings (SSSR count). The second-order valence-electron chi connectivity index (χ2n) is 8.89. The number of aryl methyl sites for hydroxylation is 2. The first-order valence-corrected chi connectivity index (χ1v) is 12.2. The molecule has 1 N–H and O–H groups in total. The zero-order chi connectivity index (χ0) is 22.2. The SMILES string of the molecule is CCc1sc2ccccc2c1CN1CCN2C(=O)C(Cc3ccc(C)cc3)NC(=O)C2C1. The highest BCUT2D eigenvalue weighted by Crippen LogP contribution is 2.33. The molecule has 2 aliphatic rings. The van der Waals surface area contributed by atoms with Gasteiger partial charge >= 0.3 is 0 Å². The van der Waals surface area contributed by atoms with Crippen molar-refractivity contribution in [2.24, 2.45) is 0 Å². The Balaban J connectivity index is 1.30. The fourth-order valence-electron chi connectivity index (χ4n) is 4.93. The molecule has 2 amide bonds. The van der Waals surface area contributed by atoms with Gasteiger partial charge in [0, 0.05) is 42.2 Å². The molecule has 0 radical (unpaired) electrons. The summed E-state index contributed by atoms with van der Waals surface area (Å²) in [7, 11) is 0. The maximum absolute atomic E-state index is 13.2. The molecule has 0 saturated carbocycles. The Kier molecular flexibility index (Phi) is 5.74. The van der Waals surface area contributed by atoms with Crippen molar-refractivity contribution >= 4 is 33.2 Å². The maximum Gasteiger partial charge on any atom is 0.246 e. The van der Waals surface area contributed by atoms with Gasteiger partial charge in [0.1, 0.15) is 12.1 Å². The summed E-state index contributed by atoms with van der Waals surface area (Å²) in [4.78, 5) is 31.7. The summed E-state index contributed by atoms with van der Waals surface area (Å²) in [6.45, 7) is 7.05. The predicted molar refractivity (Wildman–Crippen MR) is 129 cm³/mol. The average Bonchev–Trinajstić information content (AvgIpc) is 3.16. The van der Waals surface area contributed by atoms with Crippen LogP contribution < -0.4 is 5.32 Å². The zero-order valence-electron chi connectivity index (χ0n) is 18.6. The van der Waals surface area contributed by atoms with E-state index in [1.54, 1.807) is 4.90 Å². The lowest BCUT2D eigenvalue weighted by Gasteiger charge is -2.45. The predicted octanol–water partition coefficient (Wildman–Crippen LogP) is 3.53. The van der Waals surface area contributed by atoms with E-state index in [-0.39, 0.29) is 11.8 Å². The first-order chi connectivity index (χ1) is 15.5. The van der Waals surface area contributed by atoms with Gasteiger partial charge in [-0.25, -0.2) is 0 Å². The number of piperazine rings is 2. The lowest BCUT2D eigenvalue weighted by molar-refractivity contribution is -0.153. The number of carbonyl (C=O) groups excluding carboxylic acids is 2. The number of amides is 2. The second kappa shape index (κ2) is 8.68. The number of benzene rings is 2. The van der Waals surface area contributed by atoms with Crippen molar-refractivity contribution in [3.8, 4) is 0 Å². The van der Waals surface area contributed by atoms with E-state index in [2.05, 4.69) is 41.4 Å². The Morgan fingerprint density at radius 1 is 1.06 bits per heavy atom. The van der Waals surface area contributed by atoms with E-state index in [4.69, 9.17) is 0 Å². The van der Waals surface area contributed by atoms with Gasteiger partial charge < -0.3 is 10.2 Å². The molecule has 2 unspecified atom stereocenters. The number of carbonyl (C=O) groups is 2. The smallest absolute Gasteiger partial charge is 0.246 e. The first kappa shape index (κ1) is 21.2. The van der Waals surface area contributed by atoms with Crippen LogP contribution in [-0.4, -0.2) is 53.3 Å². The summed E-state index contributed by atoms with van der Waals surface area (Å²) < 4.78 is 1.32. The van der Waals surface area contributed by atoms with Gasteiger partial charge in [0.05, 0.1) is 0 Å². The number of hydrogen-bond donors (Lipinski definition) is 1. The Hall–Kier alpha value is -2.70. The van der Waals surface area contributed by atoms with Crippen LogP contribution in [0.2, 0.25) is 0 Å². The number of hydrogen-bond acceptors (Lipinski definition) is 4. The molecular weight excluding hydrogens is 418 g/mol. The van der Waals surface area contributed by atoms with E-state index in [0.717, 1.165) is 25.1 Å². The zero-order valence-corrected chi connectivity index (χ0v) is 19.5. The third kappa shape index (κ3) is 3.93. The number of nitrogens with zero attached hydrogens (tertiary/aromatic N) is 2. The van der Waals surface area contributed by atoms with Crippen LogP contribution in [0.4, 0.5) is 0 Å². The van der Waals surface area contributed by atoms with Crippen LogP contribution >= 0.6 is 11.3 Å². The first-order valence-electron chi connectivity index (χ1n) is 11.4. The van der Waals surface area contributed by atoms with Crippen LogP contribution in [0.15, 0.2) is 48.5 Å². The summed E-state index contributed by atoms with van der Waals surface area (Å²) in [5.41, 5.74) is 3.64. The second-order valence-corrected chi connectivity index (χ2v) is 10.0. The number of thiophene rings is 1. The van der Waals surface area contributed by atoms with Gasteiger partial charge in [-0.3, -0.25) is 14.5 Å². The van der Waals surface area contributed by atoms with E-state index in [1.807, 2.05) is 42.5 Å². The molecule has 2 saturated heterocycles. The quantitative estimate of drug-likeness (QED) is 0.651. The van der Waals surface area contributed by atoms with Crippen molar-refractivity contribution in [3.05, 3.63) is 70.1 Å². The van der Waals surface area contributed by atoms with Gasteiger partial charge in [0.15, 0.2) is 0 Å². The third-order valence-electron chi connectivity index (χ3n) is 6.71. The van der Waals surface area contributed by atoms with Crippen molar-refractivity contribution in [3.63, 3.8) is 0 Å². The molecule has 0 aliphatic carbocycles. The highest BCUT2D eigenvalue weighted by molar-refractivity contribution is 7.19. The molecule has 166 valence electrons. The molecule has 2 aliphatic heterocycles. The summed E-state index contributed by atoms with van der Waals surface area (Å²) in [6.07, 6.45) is 1.55. The fourth-order valence-corrected chi connectivity index (χ4v) is 6.09. The van der Waals surface area contributed by atoms with Crippen LogP contribution in [0, 0.1) is 6.92 Å². The molecule has 2 fully saturated rings. The average molecular weight is 448 g/mol. The molecule has 0 spiro atoms. The van der Waals surface area contributed by atoms with Gasteiger partial charge in [-0.05, 0) is 35.9 Å². The van der Waals surface area contributed by atoms with Crippen LogP contribution in [0.5, 0.6) is 0 Å². The van der Waals surface area contributed by atoms with E-state index < -0.39 is 12.1 Å². The Morgan fingerprint density at radius 3 is 2.62 bits per heavy atom.